The Balaban J connectivity index is 2.25. The molecule has 0 fully saturated rings. The van der Waals surface area contributed by atoms with E-state index in [1.165, 1.54) is 24.3 Å². The van der Waals surface area contributed by atoms with Crippen molar-refractivity contribution >= 4 is 23.5 Å². The predicted octanol–water partition coefficient (Wildman–Crippen LogP) is 3.03. The number of halogens is 2. The summed E-state index contributed by atoms with van der Waals surface area (Å²) >= 11 is 5.89. The van der Waals surface area contributed by atoms with Gasteiger partial charge in [-0.2, -0.15) is 0 Å². The number of benzene rings is 2. The highest BCUT2D eigenvalue weighted by molar-refractivity contribution is 6.33. The molecule has 2 aromatic rings. The highest BCUT2D eigenvalue weighted by Crippen LogP contribution is 2.18. The number of rotatable bonds is 4. The minimum Gasteiger partial charge on any atom is -0.479 e. The molecule has 0 saturated heterocycles. The quantitative estimate of drug-likeness (QED) is 0.912. The fourth-order valence-corrected chi connectivity index (χ4v) is 2.02. The smallest absolute Gasteiger partial charge is 0.330 e. The molecule has 0 saturated carbocycles. The van der Waals surface area contributed by atoms with Gasteiger partial charge in [-0.05, 0) is 29.8 Å². The summed E-state index contributed by atoms with van der Waals surface area (Å²) in [5.74, 6) is -2.35. The molecule has 0 bridgehead atoms. The maximum absolute atomic E-state index is 12.9. The highest BCUT2D eigenvalue weighted by Gasteiger charge is 2.23. The number of nitrogens with one attached hydrogen (secondary N) is 1. The lowest BCUT2D eigenvalue weighted by Gasteiger charge is -2.15. The summed E-state index contributed by atoms with van der Waals surface area (Å²) < 4.78 is 12.9. The fourth-order valence-electron chi connectivity index (χ4n) is 1.80. The minimum absolute atomic E-state index is 0.174. The normalized spacial score (nSPS) is 11.7. The second kappa shape index (κ2) is 6.37. The van der Waals surface area contributed by atoms with Crippen LogP contribution in [0, 0.1) is 5.82 Å². The van der Waals surface area contributed by atoms with Crippen molar-refractivity contribution in [2.75, 3.05) is 0 Å². The van der Waals surface area contributed by atoms with Crippen LogP contribution in [0.1, 0.15) is 22.0 Å². The van der Waals surface area contributed by atoms with Gasteiger partial charge in [-0.25, -0.2) is 9.18 Å². The zero-order valence-corrected chi connectivity index (χ0v) is 11.5. The summed E-state index contributed by atoms with van der Waals surface area (Å²) in [6.45, 7) is 0. The van der Waals surface area contributed by atoms with E-state index < -0.39 is 23.7 Å². The number of carboxylic acids is 1. The maximum atomic E-state index is 12.9. The van der Waals surface area contributed by atoms with E-state index in [0.717, 1.165) is 12.1 Å². The minimum atomic E-state index is -1.28. The molecule has 1 unspecified atom stereocenters. The molecule has 0 aliphatic carbocycles. The third-order valence-electron chi connectivity index (χ3n) is 2.84. The number of hydrogen-bond donors (Lipinski definition) is 2. The molecule has 0 radical (unpaired) electrons. The number of amides is 1. The van der Waals surface area contributed by atoms with Crippen molar-refractivity contribution < 1.29 is 19.1 Å². The van der Waals surface area contributed by atoms with Crippen molar-refractivity contribution in [1.82, 2.24) is 5.32 Å². The largest absolute Gasteiger partial charge is 0.479 e. The Kier molecular flexibility index (Phi) is 4.55. The predicted molar refractivity (Wildman–Crippen MR) is 75.7 cm³/mol. The highest BCUT2D eigenvalue weighted by atomic mass is 35.5. The van der Waals surface area contributed by atoms with Crippen LogP contribution < -0.4 is 5.32 Å². The third kappa shape index (κ3) is 3.58. The van der Waals surface area contributed by atoms with Crippen molar-refractivity contribution in [3.05, 3.63) is 70.5 Å². The molecule has 1 amide bonds. The van der Waals surface area contributed by atoms with Crippen LogP contribution >= 0.6 is 11.6 Å². The van der Waals surface area contributed by atoms with E-state index in [-0.39, 0.29) is 16.1 Å². The number of aliphatic carboxylic acids is 1. The Morgan fingerprint density at radius 2 is 1.71 bits per heavy atom. The summed E-state index contributed by atoms with van der Waals surface area (Å²) in [5, 5.41) is 11.8. The van der Waals surface area contributed by atoms with Crippen molar-refractivity contribution in [3.63, 3.8) is 0 Å². The topological polar surface area (TPSA) is 66.4 Å². The first-order chi connectivity index (χ1) is 9.99. The monoisotopic (exact) mass is 307 g/mol. The van der Waals surface area contributed by atoms with Crippen LogP contribution in [-0.4, -0.2) is 17.0 Å². The number of carbonyl (C=O) groups excluding carboxylic acids is 1. The van der Waals surface area contributed by atoms with E-state index in [9.17, 15) is 19.1 Å². The van der Waals surface area contributed by atoms with Crippen LogP contribution in [0.2, 0.25) is 5.02 Å². The van der Waals surface area contributed by atoms with Crippen molar-refractivity contribution in [3.8, 4) is 0 Å². The molecule has 0 aromatic heterocycles. The summed E-state index contributed by atoms with van der Waals surface area (Å²) in [7, 11) is 0. The molecule has 0 aliphatic rings. The summed E-state index contributed by atoms with van der Waals surface area (Å²) in [5.41, 5.74) is 0.442. The van der Waals surface area contributed by atoms with Crippen LogP contribution in [0.15, 0.2) is 48.5 Å². The zero-order valence-electron chi connectivity index (χ0n) is 10.7. The van der Waals surface area contributed by atoms with Crippen LogP contribution in [0.25, 0.3) is 0 Å². The van der Waals surface area contributed by atoms with Crippen LogP contribution in [0.3, 0.4) is 0 Å². The molecule has 0 aliphatic heterocycles. The SMILES string of the molecule is O=C(NC(C(=O)O)c1ccc(F)cc1)c1ccccc1Cl. The molecular formula is C15H11ClFNO3. The number of hydrogen-bond acceptors (Lipinski definition) is 2. The second-order valence-electron chi connectivity index (χ2n) is 4.28. The molecule has 6 heteroatoms. The number of carboxylic acid groups (broad SMARTS) is 1. The van der Waals surface area contributed by atoms with Gasteiger partial charge in [0.25, 0.3) is 5.91 Å². The van der Waals surface area contributed by atoms with Gasteiger partial charge in [-0.1, -0.05) is 35.9 Å². The van der Waals surface area contributed by atoms with Crippen molar-refractivity contribution in [1.29, 1.82) is 0 Å². The lowest BCUT2D eigenvalue weighted by atomic mass is 10.1. The van der Waals surface area contributed by atoms with Gasteiger partial charge in [0.15, 0.2) is 6.04 Å². The first kappa shape index (κ1) is 15.0. The molecule has 0 heterocycles. The van der Waals surface area contributed by atoms with E-state index in [0.29, 0.717) is 0 Å². The first-order valence-corrected chi connectivity index (χ1v) is 6.40. The van der Waals surface area contributed by atoms with Gasteiger partial charge < -0.3 is 10.4 Å². The summed E-state index contributed by atoms with van der Waals surface area (Å²) in [4.78, 5) is 23.4. The molecule has 2 N–H and O–H groups in total. The van der Waals surface area contributed by atoms with Gasteiger partial charge in [0.1, 0.15) is 5.82 Å². The summed E-state index contributed by atoms with van der Waals surface area (Å²) in [6, 6.07) is 9.89. The Morgan fingerprint density at radius 1 is 1.10 bits per heavy atom. The van der Waals surface area contributed by atoms with E-state index in [4.69, 9.17) is 11.6 Å². The Bertz CT molecular complexity index is 673. The van der Waals surface area contributed by atoms with Crippen LogP contribution in [0.4, 0.5) is 4.39 Å². The molecule has 0 spiro atoms. The van der Waals surface area contributed by atoms with Gasteiger partial charge in [-0.15, -0.1) is 0 Å². The van der Waals surface area contributed by atoms with E-state index >= 15 is 0 Å². The van der Waals surface area contributed by atoms with Crippen molar-refractivity contribution in [2.24, 2.45) is 0 Å². The van der Waals surface area contributed by atoms with E-state index in [1.54, 1.807) is 12.1 Å². The van der Waals surface area contributed by atoms with E-state index in [1.807, 2.05) is 0 Å². The molecule has 108 valence electrons. The lowest BCUT2D eigenvalue weighted by molar-refractivity contribution is -0.139. The number of carbonyl (C=O) groups is 2. The standard InChI is InChI=1S/C15H11ClFNO3/c16-12-4-2-1-3-11(12)14(19)18-13(15(20)21)9-5-7-10(17)8-6-9/h1-8,13H,(H,18,19)(H,20,21). The molecule has 2 rings (SSSR count). The Morgan fingerprint density at radius 3 is 2.29 bits per heavy atom. The second-order valence-corrected chi connectivity index (χ2v) is 4.68. The van der Waals surface area contributed by atoms with Crippen LogP contribution in [0.5, 0.6) is 0 Å². The molecule has 21 heavy (non-hydrogen) atoms. The average Bonchev–Trinajstić information content (AvgIpc) is 2.46. The van der Waals surface area contributed by atoms with Gasteiger partial charge in [0.05, 0.1) is 10.6 Å². The fraction of sp³-hybridized carbons (Fsp3) is 0.0667. The van der Waals surface area contributed by atoms with E-state index in [2.05, 4.69) is 5.32 Å². The van der Waals surface area contributed by atoms with Gasteiger partial charge in [-0.3, -0.25) is 4.79 Å². The average molecular weight is 308 g/mol. The van der Waals surface area contributed by atoms with Gasteiger partial charge in [0.2, 0.25) is 0 Å². The first-order valence-electron chi connectivity index (χ1n) is 6.02. The van der Waals surface area contributed by atoms with Gasteiger partial charge in [0, 0.05) is 0 Å². The molecular weight excluding hydrogens is 297 g/mol. The lowest BCUT2D eigenvalue weighted by Crippen LogP contribution is -2.33. The zero-order chi connectivity index (χ0) is 15.4. The summed E-state index contributed by atoms with van der Waals surface area (Å²) in [6.07, 6.45) is 0. The molecule has 4 nitrogen and oxygen atoms in total. The van der Waals surface area contributed by atoms with Gasteiger partial charge >= 0.3 is 5.97 Å². The Hall–Kier alpha value is -2.40. The molecule has 1 atom stereocenters. The molecule has 2 aromatic carbocycles. The third-order valence-corrected chi connectivity index (χ3v) is 3.17. The van der Waals surface area contributed by atoms with Crippen molar-refractivity contribution in [2.45, 2.75) is 6.04 Å². The van der Waals surface area contributed by atoms with Crippen LogP contribution in [-0.2, 0) is 4.79 Å². The maximum Gasteiger partial charge on any atom is 0.330 e. The Labute approximate surface area is 125 Å².